The number of alkyl halides is 12. The molecule has 91 heavy (non-hydrogen) atoms. The molecule has 11 fully saturated rings. The Labute approximate surface area is 529 Å². The summed E-state index contributed by atoms with van der Waals surface area (Å²) >= 11 is 0. The van der Waals surface area contributed by atoms with Gasteiger partial charge in [0, 0.05) is 48.4 Å². The average Bonchev–Trinajstić information content (AvgIpc) is 1.61. The van der Waals surface area contributed by atoms with Crippen LogP contribution in [0, 0.1) is 46.3 Å². The molecule has 0 aromatic heterocycles. The molecule has 8 bridgehead atoms. The Morgan fingerprint density at radius 3 is 1.07 bits per heavy atom. The number of benzene rings is 4. The van der Waals surface area contributed by atoms with E-state index in [0.717, 1.165) is 13.2 Å². The summed E-state index contributed by atoms with van der Waals surface area (Å²) in [5.41, 5.74) is -0.348. The molecule has 8 saturated carbocycles. The molecular formula is C68H80F12O9S2+2. The first-order chi connectivity index (χ1) is 42.6. The van der Waals surface area contributed by atoms with Crippen LogP contribution in [-0.2, 0) is 70.0 Å². The van der Waals surface area contributed by atoms with Gasteiger partial charge in [-0.3, -0.25) is 9.59 Å². The standard InChI is InChI=1S/2C18H22F6O4.C18H15S.C14H21OS/c2*1-14(19,20)7-26-13(25)15-4-10-2-11(5-15)18(12(3-10)6-15)27-8-16(21,22)17(23,24)9-28-18;1-4-10-16(11-5-1)19(17-12-6-2-7-13-17)18-14-8-3-9-15-18;1-14(2,3)12-4-6-13(7-5-12)16-10-8-15-9-11-16/h2*10-12H,2-9H2,1H3;1-15H;4-7H,8-11H2,1-3H3/q;;2*+1. The van der Waals surface area contributed by atoms with Crippen LogP contribution in [-0.4, -0.2) is 123 Å². The van der Waals surface area contributed by atoms with E-state index in [2.05, 4.69) is 136 Å². The molecule has 23 heteroatoms. The zero-order chi connectivity index (χ0) is 65.7. The fraction of sp³-hybridized carbons (Fsp3) is 0.618. The number of carbonyl (C=O) groups excluding carboxylic acids is 2. The third kappa shape index (κ3) is 15.0. The van der Waals surface area contributed by atoms with Gasteiger partial charge in [0.25, 0.3) is 11.8 Å². The Bertz CT molecular complexity index is 2830. The first-order valence-electron chi connectivity index (χ1n) is 31.0. The first kappa shape index (κ1) is 69.3. The number of carbonyl (C=O) groups is 2. The highest BCUT2D eigenvalue weighted by molar-refractivity contribution is 7.97. The summed E-state index contributed by atoms with van der Waals surface area (Å²) in [6.45, 7) is 2.02. The van der Waals surface area contributed by atoms with E-state index in [1.54, 1.807) is 0 Å². The zero-order valence-corrected chi connectivity index (χ0v) is 53.2. The average molecular weight is 1330 g/mol. The van der Waals surface area contributed by atoms with E-state index in [9.17, 15) is 62.3 Å². The predicted molar refractivity (Wildman–Crippen MR) is 317 cm³/mol. The predicted octanol–water partition coefficient (Wildman–Crippen LogP) is 15.8. The van der Waals surface area contributed by atoms with Gasteiger partial charge in [-0.05, 0) is 136 Å². The molecule has 2 spiro atoms. The van der Waals surface area contributed by atoms with Crippen LogP contribution in [0.25, 0.3) is 0 Å². The molecule has 8 aliphatic carbocycles. The van der Waals surface area contributed by atoms with Crippen molar-refractivity contribution in [2.24, 2.45) is 46.3 Å². The number of esters is 2. The van der Waals surface area contributed by atoms with Crippen molar-refractivity contribution in [3.63, 3.8) is 0 Å². The normalized spacial score (nSPS) is 30.3. The molecule has 3 heterocycles. The topological polar surface area (TPSA) is 98.8 Å². The molecule has 0 radical (unpaired) electrons. The monoisotopic (exact) mass is 1330 g/mol. The van der Waals surface area contributed by atoms with Crippen molar-refractivity contribution in [2.75, 3.05) is 64.4 Å². The minimum Gasteiger partial charge on any atom is -0.459 e. The second-order valence-corrected chi connectivity index (χ2v) is 31.8. The molecule has 500 valence electrons. The summed E-state index contributed by atoms with van der Waals surface area (Å²) in [5.74, 6) is -28.1. The van der Waals surface area contributed by atoms with Crippen molar-refractivity contribution in [3.8, 4) is 0 Å². The Morgan fingerprint density at radius 2 is 0.780 bits per heavy atom. The van der Waals surface area contributed by atoms with Crippen molar-refractivity contribution in [1.82, 2.24) is 0 Å². The van der Waals surface area contributed by atoms with E-state index in [1.807, 2.05) is 0 Å². The highest BCUT2D eigenvalue weighted by Gasteiger charge is 2.72. The quantitative estimate of drug-likeness (QED) is 0.0873. The van der Waals surface area contributed by atoms with Crippen molar-refractivity contribution >= 4 is 33.7 Å². The van der Waals surface area contributed by atoms with E-state index in [4.69, 9.17) is 33.2 Å². The fourth-order valence-corrected chi connectivity index (χ4v) is 19.2. The summed E-state index contributed by atoms with van der Waals surface area (Å²) in [5, 5.41) is 0. The van der Waals surface area contributed by atoms with Gasteiger partial charge in [-0.25, -0.2) is 17.6 Å². The van der Waals surface area contributed by atoms with Gasteiger partial charge < -0.3 is 33.2 Å². The fourth-order valence-electron chi connectivity index (χ4n) is 15.3. The van der Waals surface area contributed by atoms with Crippen LogP contribution in [0.3, 0.4) is 0 Å². The maximum Gasteiger partial charge on any atom is 0.335 e. The lowest BCUT2D eigenvalue weighted by Gasteiger charge is -2.62. The van der Waals surface area contributed by atoms with E-state index in [-0.39, 0.29) is 53.8 Å². The van der Waals surface area contributed by atoms with Crippen LogP contribution >= 0.6 is 0 Å². The first-order valence-corrected chi connectivity index (χ1v) is 33.8. The summed E-state index contributed by atoms with van der Waals surface area (Å²) < 4.78 is 199. The molecule has 11 aliphatic rings. The largest absolute Gasteiger partial charge is 0.459 e. The second-order valence-electron chi connectivity index (χ2n) is 27.5. The number of halogens is 12. The molecule has 4 unspecified atom stereocenters. The Hall–Kier alpha value is -4.52. The van der Waals surface area contributed by atoms with Crippen molar-refractivity contribution < 1.29 is 95.4 Å². The third-order valence-electron chi connectivity index (χ3n) is 19.4. The molecule has 3 saturated heterocycles. The van der Waals surface area contributed by atoms with E-state index >= 15 is 0 Å². The lowest BCUT2D eigenvalue weighted by Crippen LogP contribution is -2.65. The minimum atomic E-state index is -4.35. The molecule has 3 aliphatic heterocycles. The van der Waals surface area contributed by atoms with Crippen molar-refractivity contribution in [1.29, 1.82) is 0 Å². The SMILES string of the molecule is CC(C)(C)c1ccc([S+]2CCOCC2)cc1.CC(F)(F)COC(=O)C12CC3CC(C1)C1(OCC(F)(F)C(F)(F)CO1)C(C3)C2.CC(F)(F)COC(=O)C12CC3CC(C1)C1(OCC(F)(F)C(F)(F)CO1)C(C3)C2.c1ccc([S+](c2ccccc2)c2ccccc2)cc1. The molecule has 15 rings (SSSR count). The van der Waals surface area contributed by atoms with E-state index < -0.39 is 133 Å². The van der Waals surface area contributed by atoms with Gasteiger partial charge in [-0.15, -0.1) is 0 Å². The molecular weight excluding hydrogens is 1250 g/mol. The van der Waals surface area contributed by atoms with E-state index in [1.165, 1.54) is 36.7 Å². The van der Waals surface area contributed by atoms with Crippen LogP contribution in [0.15, 0.2) is 135 Å². The Balaban J connectivity index is 0.000000137. The van der Waals surface area contributed by atoms with Crippen LogP contribution in [0.5, 0.6) is 0 Å². The zero-order valence-electron chi connectivity index (χ0n) is 51.6. The molecule has 9 nitrogen and oxygen atoms in total. The van der Waals surface area contributed by atoms with Gasteiger partial charge in [0.05, 0.1) is 34.9 Å². The summed E-state index contributed by atoms with van der Waals surface area (Å²) in [7, 11) is 0.417. The lowest BCUT2D eigenvalue weighted by atomic mass is 9.47. The lowest BCUT2D eigenvalue weighted by molar-refractivity contribution is -0.346. The maximum absolute atomic E-state index is 13.8. The number of hydrogen-bond acceptors (Lipinski definition) is 9. The summed E-state index contributed by atoms with van der Waals surface area (Å²) in [4.78, 5) is 30.8. The highest BCUT2D eigenvalue weighted by atomic mass is 32.2. The van der Waals surface area contributed by atoms with Crippen molar-refractivity contribution in [3.05, 3.63) is 121 Å². The van der Waals surface area contributed by atoms with Gasteiger partial charge >= 0.3 is 35.6 Å². The molecule has 4 atom stereocenters. The number of ether oxygens (including phenoxy) is 7. The summed E-state index contributed by atoms with van der Waals surface area (Å²) in [6.07, 6.45) is 3.40. The third-order valence-corrected chi connectivity index (χ3v) is 23.8. The van der Waals surface area contributed by atoms with Crippen LogP contribution in [0.1, 0.15) is 104 Å². The van der Waals surface area contributed by atoms with Gasteiger partial charge in [-0.2, -0.15) is 35.1 Å². The maximum atomic E-state index is 13.8. The Morgan fingerprint density at radius 1 is 0.473 bits per heavy atom. The molecule has 0 amide bonds. The van der Waals surface area contributed by atoms with Crippen LogP contribution in [0.4, 0.5) is 52.7 Å². The van der Waals surface area contributed by atoms with Crippen molar-refractivity contribution in [2.45, 2.75) is 171 Å². The van der Waals surface area contributed by atoms with Crippen LogP contribution in [0.2, 0.25) is 0 Å². The number of rotatable bonds is 10. The number of hydrogen-bond donors (Lipinski definition) is 0. The minimum absolute atomic E-state index is 0.0146. The summed E-state index contributed by atoms with van der Waals surface area (Å²) in [6, 6.07) is 41.4. The van der Waals surface area contributed by atoms with Gasteiger partial charge in [-0.1, -0.05) is 87.5 Å². The smallest absolute Gasteiger partial charge is 0.335 e. The van der Waals surface area contributed by atoms with Gasteiger partial charge in [0.15, 0.2) is 44.4 Å². The Kier molecular flexibility index (Phi) is 20.0. The van der Waals surface area contributed by atoms with Crippen LogP contribution < -0.4 is 0 Å². The second kappa shape index (κ2) is 26.2. The van der Waals surface area contributed by atoms with E-state index in [0.29, 0.717) is 63.3 Å². The molecule has 4 aromatic rings. The van der Waals surface area contributed by atoms with Gasteiger partial charge in [0.1, 0.15) is 37.9 Å². The van der Waals surface area contributed by atoms with Gasteiger partial charge in [0.2, 0.25) is 0 Å². The highest BCUT2D eigenvalue weighted by Crippen LogP contribution is 2.68. The molecule has 0 N–H and O–H groups in total. The molecule has 4 aromatic carbocycles.